The molecule has 2 unspecified atom stereocenters. The van der Waals surface area contributed by atoms with Gasteiger partial charge in [-0.25, -0.2) is 9.74 Å². The highest BCUT2D eigenvalue weighted by atomic mass is 32.2. The molecule has 0 amide bonds. The Bertz CT molecular complexity index is 460. The van der Waals surface area contributed by atoms with Crippen LogP contribution in [0.15, 0.2) is 35.4 Å². The lowest BCUT2D eigenvalue weighted by atomic mass is 9.84. The SMILES string of the molecule is CC(C)(C(=O)Cc1ccccc1)C(N=N)S(=O)O. The Morgan fingerprint density at radius 2 is 2.00 bits per heavy atom. The molecular weight excluding hydrogens is 252 g/mol. The summed E-state index contributed by atoms with van der Waals surface area (Å²) in [5, 5.41) is 1.87. The van der Waals surface area contributed by atoms with E-state index >= 15 is 0 Å². The Hall–Kier alpha value is -1.40. The van der Waals surface area contributed by atoms with Crippen LogP contribution in [0.25, 0.3) is 0 Å². The number of nitrogens with one attached hydrogen (secondary N) is 1. The summed E-state index contributed by atoms with van der Waals surface area (Å²) >= 11 is -2.33. The molecule has 0 aliphatic rings. The van der Waals surface area contributed by atoms with E-state index in [0.717, 1.165) is 5.56 Å². The fourth-order valence-corrected chi connectivity index (χ4v) is 2.33. The average molecular weight is 268 g/mol. The van der Waals surface area contributed by atoms with Crippen LogP contribution in [0.2, 0.25) is 0 Å². The van der Waals surface area contributed by atoms with E-state index in [9.17, 15) is 9.00 Å². The number of hydrogen-bond acceptors (Lipinski definition) is 4. The van der Waals surface area contributed by atoms with E-state index in [0.29, 0.717) is 0 Å². The van der Waals surface area contributed by atoms with Crippen molar-refractivity contribution in [2.75, 3.05) is 0 Å². The molecule has 0 bridgehead atoms. The highest BCUT2D eigenvalue weighted by Gasteiger charge is 2.40. The lowest BCUT2D eigenvalue weighted by Gasteiger charge is -2.26. The molecule has 0 aromatic heterocycles. The lowest BCUT2D eigenvalue weighted by Crippen LogP contribution is -2.39. The third-order valence-electron chi connectivity index (χ3n) is 2.85. The zero-order chi connectivity index (χ0) is 13.8. The number of carbonyl (C=O) groups is 1. The molecule has 5 nitrogen and oxygen atoms in total. The molecule has 0 spiro atoms. The summed E-state index contributed by atoms with van der Waals surface area (Å²) in [6.07, 6.45) is 0.164. The first-order valence-electron chi connectivity index (χ1n) is 5.43. The molecular formula is C12H16N2O3S. The average Bonchev–Trinajstić information content (AvgIpc) is 2.30. The molecule has 0 aliphatic carbocycles. The molecule has 0 fully saturated rings. The summed E-state index contributed by atoms with van der Waals surface area (Å²) in [4.78, 5) is 12.2. The third-order valence-corrected chi connectivity index (χ3v) is 3.93. The van der Waals surface area contributed by atoms with Crippen LogP contribution in [-0.2, 0) is 22.3 Å². The van der Waals surface area contributed by atoms with Gasteiger partial charge in [-0.15, -0.1) is 0 Å². The van der Waals surface area contributed by atoms with Crippen molar-refractivity contribution in [3.05, 3.63) is 35.9 Å². The zero-order valence-corrected chi connectivity index (χ0v) is 11.1. The Kier molecular flexibility index (Phi) is 4.86. The highest BCUT2D eigenvalue weighted by Crippen LogP contribution is 2.28. The van der Waals surface area contributed by atoms with Gasteiger partial charge in [0, 0.05) is 6.42 Å². The molecule has 1 aromatic rings. The fourth-order valence-electron chi connectivity index (χ4n) is 1.61. The minimum atomic E-state index is -2.33. The number of nitrogens with zero attached hydrogens (tertiary/aromatic N) is 1. The van der Waals surface area contributed by atoms with Crippen LogP contribution in [0, 0.1) is 10.9 Å². The van der Waals surface area contributed by atoms with Gasteiger partial charge in [0.1, 0.15) is 5.78 Å². The molecule has 2 atom stereocenters. The smallest absolute Gasteiger partial charge is 0.182 e. The molecule has 98 valence electrons. The molecule has 18 heavy (non-hydrogen) atoms. The van der Waals surface area contributed by atoms with Crippen LogP contribution in [0.3, 0.4) is 0 Å². The molecule has 0 aliphatic heterocycles. The highest BCUT2D eigenvalue weighted by molar-refractivity contribution is 7.79. The minimum Gasteiger partial charge on any atom is -0.304 e. The van der Waals surface area contributed by atoms with E-state index in [-0.39, 0.29) is 12.2 Å². The van der Waals surface area contributed by atoms with Crippen LogP contribution >= 0.6 is 0 Å². The standard InChI is InChI=1S/C12H16N2O3S/c1-12(2,11(14-13)18(16)17)10(15)8-9-6-4-3-5-7-9/h3-7,11,13H,8H2,1-2H3,(H,16,17). The molecule has 1 rings (SSSR count). The third kappa shape index (κ3) is 3.30. The van der Waals surface area contributed by atoms with Crippen LogP contribution in [-0.4, -0.2) is 19.9 Å². The van der Waals surface area contributed by atoms with Crippen LogP contribution in [0.4, 0.5) is 0 Å². The molecule has 6 heteroatoms. The van der Waals surface area contributed by atoms with Gasteiger partial charge in [0.15, 0.2) is 16.5 Å². The van der Waals surface area contributed by atoms with Gasteiger partial charge in [0.2, 0.25) is 0 Å². The number of rotatable bonds is 6. The predicted octanol–water partition coefficient (Wildman–Crippen LogP) is 2.40. The molecule has 0 radical (unpaired) electrons. The van der Waals surface area contributed by atoms with Gasteiger partial charge in [0.25, 0.3) is 0 Å². The first-order valence-corrected chi connectivity index (χ1v) is 6.60. The van der Waals surface area contributed by atoms with Crippen molar-refractivity contribution in [1.82, 2.24) is 0 Å². The van der Waals surface area contributed by atoms with E-state index in [1.54, 1.807) is 0 Å². The number of carbonyl (C=O) groups excluding carboxylic acids is 1. The van der Waals surface area contributed by atoms with Gasteiger partial charge >= 0.3 is 0 Å². The first kappa shape index (κ1) is 14.7. The summed E-state index contributed by atoms with van der Waals surface area (Å²) in [5.41, 5.74) is 6.63. The van der Waals surface area contributed by atoms with E-state index < -0.39 is 21.9 Å². The maximum absolute atomic E-state index is 12.2. The van der Waals surface area contributed by atoms with Gasteiger partial charge in [0.05, 0.1) is 5.41 Å². The Balaban J connectivity index is 2.88. The quantitative estimate of drug-likeness (QED) is 0.613. The summed E-state index contributed by atoms with van der Waals surface area (Å²) in [7, 11) is 0. The second-order valence-electron chi connectivity index (χ2n) is 4.56. The summed E-state index contributed by atoms with van der Waals surface area (Å²) in [6.45, 7) is 3.07. The van der Waals surface area contributed by atoms with Gasteiger partial charge in [-0.05, 0) is 19.4 Å². The number of ketones is 1. The topological polar surface area (TPSA) is 90.6 Å². The second-order valence-corrected chi connectivity index (χ2v) is 5.56. The van der Waals surface area contributed by atoms with Gasteiger partial charge in [-0.3, -0.25) is 4.79 Å². The summed E-state index contributed by atoms with van der Waals surface area (Å²) in [6, 6.07) is 9.13. The number of Topliss-reactive ketones (excluding diaryl/α,β-unsaturated/α-hetero) is 1. The van der Waals surface area contributed by atoms with E-state index in [2.05, 4.69) is 5.11 Å². The van der Waals surface area contributed by atoms with Crippen molar-refractivity contribution < 1.29 is 13.6 Å². The first-order chi connectivity index (χ1) is 8.39. The predicted molar refractivity (Wildman–Crippen MR) is 68.6 cm³/mol. The monoisotopic (exact) mass is 268 g/mol. The Labute approximate surface area is 108 Å². The number of hydrogen-bond donors (Lipinski definition) is 2. The second kappa shape index (κ2) is 5.97. The molecule has 2 N–H and O–H groups in total. The molecule has 0 saturated heterocycles. The van der Waals surface area contributed by atoms with Crippen molar-refractivity contribution in [1.29, 1.82) is 5.53 Å². The van der Waals surface area contributed by atoms with Crippen molar-refractivity contribution in [2.45, 2.75) is 25.6 Å². The Morgan fingerprint density at radius 3 is 2.44 bits per heavy atom. The summed E-state index contributed by atoms with van der Waals surface area (Å²) < 4.78 is 20.1. The largest absolute Gasteiger partial charge is 0.304 e. The normalized spacial score (nSPS) is 14.8. The van der Waals surface area contributed by atoms with Crippen molar-refractivity contribution in [3.8, 4) is 0 Å². The summed E-state index contributed by atoms with van der Waals surface area (Å²) in [5.74, 6) is -0.211. The van der Waals surface area contributed by atoms with Crippen LogP contribution in [0.5, 0.6) is 0 Å². The maximum Gasteiger partial charge on any atom is 0.182 e. The fraction of sp³-hybridized carbons (Fsp3) is 0.417. The van der Waals surface area contributed by atoms with Crippen molar-refractivity contribution in [2.24, 2.45) is 10.5 Å². The van der Waals surface area contributed by atoms with Crippen LogP contribution < -0.4 is 0 Å². The Morgan fingerprint density at radius 1 is 1.44 bits per heavy atom. The molecule has 0 saturated carbocycles. The minimum absolute atomic E-state index is 0.164. The van der Waals surface area contributed by atoms with Gasteiger partial charge < -0.3 is 4.55 Å². The van der Waals surface area contributed by atoms with Gasteiger partial charge in [-0.2, -0.15) is 5.11 Å². The lowest BCUT2D eigenvalue weighted by molar-refractivity contribution is -0.126. The van der Waals surface area contributed by atoms with E-state index in [4.69, 9.17) is 10.1 Å². The van der Waals surface area contributed by atoms with Crippen molar-refractivity contribution >= 4 is 16.9 Å². The number of benzene rings is 1. The van der Waals surface area contributed by atoms with Gasteiger partial charge in [-0.1, -0.05) is 30.3 Å². The van der Waals surface area contributed by atoms with Crippen LogP contribution in [0.1, 0.15) is 19.4 Å². The maximum atomic E-state index is 12.2. The van der Waals surface area contributed by atoms with Crippen molar-refractivity contribution in [3.63, 3.8) is 0 Å². The zero-order valence-electron chi connectivity index (χ0n) is 10.3. The van der Waals surface area contributed by atoms with E-state index in [1.807, 2.05) is 30.3 Å². The molecule has 1 aromatic carbocycles. The van der Waals surface area contributed by atoms with E-state index in [1.165, 1.54) is 13.8 Å². The molecule has 0 heterocycles.